The molecular weight excluding hydrogens is 352 g/mol. The predicted octanol–water partition coefficient (Wildman–Crippen LogP) is 1.77. The van der Waals surface area contributed by atoms with Crippen LogP contribution in [0.2, 0.25) is 0 Å². The lowest BCUT2D eigenvalue weighted by molar-refractivity contribution is -0.137. The van der Waals surface area contributed by atoms with Crippen molar-refractivity contribution < 1.29 is 29.0 Å². The molecule has 1 aliphatic heterocycles. The summed E-state index contributed by atoms with van der Waals surface area (Å²) < 4.78 is 5.38. The Bertz CT molecular complexity index is 731. The molecule has 8 heteroatoms. The van der Waals surface area contributed by atoms with Gasteiger partial charge in [-0.2, -0.15) is 0 Å². The van der Waals surface area contributed by atoms with Gasteiger partial charge in [-0.15, -0.1) is 0 Å². The summed E-state index contributed by atoms with van der Waals surface area (Å²) in [6, 6.07) is 4.87. The van der Waals surface area contributed by atoms with Crippen molar-refractivity contribution in [1.82, 2.24) is 5.32 Å². The van der Waals surface area contributed by atoms with Gasteiger partial charge in [-0.1, -0.05) is 13.3 Å². The summed E-state index contributed by atoms with van der Waals surface area (Å²) in [6.45, 7) is 1.86. The number of amides is 2. The molecule has 0 aliphatic carbocycles. The molecule has 0 radical (unpaired) electrons. The van der Waals surface area contributed by atoms with Crippen LogP contribution >= 0.6 is 0 Å². The Kier molecular flexibility index (Phi) is 7.34. The number of benzene rings is 1. The first-order valence-corrected chi connectivity index (χ1v) is 9.01. The van der Waals surface area contributed by atoms with Gasteiger partial charge in [0.15, 0.2) is 12.4 Å². The third-order valence-corrected chi connectivity index (χ3v) is 4.24. The summed E-state index contributed by atoms with van der Waals surface area (Å²) in [5, 5.41) is 11.3. The molecule has 146 valence electrons. The van der Waals surface area contributed by atoms with Gasteiger partial charge in [0.2, 0.25) is 5.91 Å². The van der Waals surface area contributed by atoms with Gasteiger partial charge in [-0.25, -0.2) is 0 Å². The number of anilines is 1. The van der Waals surface area contributed by atoms with Crippen molar-refractivity contribution in [3.63, 3.8) is 0 Å². The number of carbonyl (C=O) groups excluding carboxylic acids is 3. The largest absolute Gasteiger partial charge is 0.482 e. The average Bonchev–Trinajstić information content (AvgIpc) is 2.65. The maximum atomic E-state index is 12.2. The number of carboxylic acid groups (broad SMARTS) is 1. The first-order valence-electron chi connectivity index (χ1n) is 9.01. The standard InChI is InChI=1S/C19H24N2O6/c1-2-15(22)13-7-8-16-14(10-13)21(18(24)12-27-16)11-17(23)20-9-5-3-4-6-19(25)26/h7-8,10H,2-6,9,11-12H2,1H3,(H,20,23)(H,25,26). The van der Waals surface area contributed by atoms with E-state index in [4.69, 9.17) is 9.84 Å². The topological polar surface area (TPSA) is 113 Å². The van der Waals surface area contributed by atoms with Crippen LogP contribution in [0.5, 0.6) is 5.75 Å². The molecule has 2 amide bonds. The Hall–Kier alpha value is -2.90. The second kappa shape index (κ2) is 9.70. The number of nitrogens with zero attached hydrogens (tertiary/aromatic N) is 1. The maximum Gasteiger partial charge on any atom is 0.303 e. The van der Waals surface area contributed by atoms with Crippen molar-refractivity contribution in [2.45, 2.75) is 39.0 Å². The van der Waals surface area contributed by atoms with Crippen molar-refractivity contribution in [3.8, 4) is 5.75 Å². The smallest absolute Gasteiger partial charge is 0.303 e. The highest BCUT2D eigenvalue weighted by Crippen LogP contribution is 2.33. The van der Waals surface area contributed by atoms with Crippen LogP contribution in [0, 0.1) is 0 Å². The zero-order chi connectivity index (χ0) is 19.8. The van der Waals surface area contributed by atoms with E-state index in [0.717, 1.165) is 0 Å². The van der Waals surface area contributed by atoms with Gasteiger partial charge >= 0.3 is 5.97 Å². The molecule has 1 aromatic carbocycles. The SMILES string of the molecule is CCC(=O)c1ccc2c(c1)N(CC(=O)NCCCCCC(=O)O)C(=O)CO2. The number of carbonyl (C=O) groups is 4. The Morgan fingerprint density at radius 3 is 2.70 bits per heavy atom. The summed E-state index contributed by atoms with van der Waals surface area (Å²) in [5.41, 5.74) is 0.889. The lowest BCUT2D eigenvalue weighted by Gasteiger charge is -2.29. The van der Waals surface area contributed by atoms with Crippen LogP contribution in [-0.4, -0.2) is 48.4 Å². The normalized spacial score (nSPS) is 12.9. The molecule has 0 saturated heterocycles. The number of hydrogen-bond acceptors (Lipinski definition) is 5. The molecule has 0 unspecified atom stereocenters. The van der Waals surface area contributed by atoms with Crippen LogP contribution < -0.4 is 15.0 Å². The molecule has 2 N–H and O–H groups in total. The van der Waals surface area contributed by atoms with Gasteiger partial charge in [0.25, 0.3) is 5.91 Å². The van der Waals surface area contributed by atoms with Crippen molar-refractivity contribution in [2.24, 2.45) is 0 Å². The van der Waals surface area contributed by atoms with E-state index in [2.05, 4.69) is 5.32 Å². The van der Waals surface area contributed by atoms with Crippen LogP contribution in [0.1, 0.15) is 49.4 Å². The third-order valence-electron chi connectivity index (χ3n) is 4.24. The van der Waals surface area contributed by atoms with Gasteiger partial charge in [-0.05, 0) is 31.0 Å². The molecule has 1 aliphatic rings. The Labute approximate surface area is 157 Å². The summed E-state index contributed by atoms with van der Waals surface area (Å²) in [5.74, 6) is -1.09. The van der Waals surface area contributed by atoms with Crippen molar-refractivity contribution >= 4 is 29.3 Å². The van der Waals surface area contributed by atoms with E-state index in [1.54, 1.807) is 25.1 Å². The van der Waals surface area contributed by atoms with Gasteiger partial charge in [0.05, 0.1) is 5.69 Å². The highest BCUT2D eigenvalue weighted by atomic mass is 16.5. The summed E-state index contributed by atoms with van der Waals surface area (Å²) in [4.78, 5) is 48.1. The number of hydrogen-bond donors (Lipinski definition) is 2. The van der Waals surface area contributed by atoms with Crippen LogP contribution in [0.3, 0.4) is 0 Å². The Morgan fingerprint density at radius 2 is 2.00 bits per heavy atom. The first kappa shape index (κ1) is 20.4. The first-order chi connectivity index (χ1) is 12.9. The zero-order valence-electron chi connectivity index (χ0n) is 15.3. The van der Waals surface area contributed by atoms with E-state index >= 15 is 0 Å². The second-order valence-electron chi connectivity index (χ2n) is 6.28. The highest BCUT2D eigenvalue weighted by Gasteiger charge is 2.28. The molecule has 1 aromatic rings. The molecule has 27 heavy (non-hydrogen) atoms. The summed E-state index contributed by atoms with van der Waals surface area (Å²) in [6.07, 6.45) is 2.40. The number of rotatable bonds is 10. The monoisotopic (exact) mass is 376 g/mol. The van der Waals surface area contributed by atoms with Crippen LogP contribution in [0.25, 0.3) is 0 Å². The Balaban J connectivity index is 1.94. The van der Waals surface area contributed by atoms with Crippen LogP contribution in [0.4, 0.5) is 5.69 Å². The fourth-order valence-corrected chi connectivity index (χ4v) is 2.76. The number of ether oxygens (including phenoxy) is 1. The van der Waals surface area contributed by atoms with Crippen molar-refractivity contribution in [2.75, 3.05) is 24.6 Å². The maximum absolute atomic E-state index is 12.2. The van der Waals surface area contributed by atoms with Gasteiger partial charge in [-0.3, -0.25) is 24.1 Å². The van der Waals surface area contributed by atoms with Gasteiger partial charge in [0, 0.05) is 24.9 Å². The fraction of sp³-hybridized carbons (Fsp3) is 0.474. The van der Waals surface area contributed by atoms with E-state index in [9.17, 15) is 19.2 Å². The van der Waals surface area contributed by atoms with E-state index < -0.39 is 5.97 Å². The quantitative estimate of drug-likeness (QED) is 0.475. The molecule has 8 nitrogen and oxygen atoms in total. The molecule has 0 atom stereocenters. The minimum atomic E-state index is -0.829. The number of Topliss-reactive ketones (excluding diaryl/α,β-unsaturated/α-hetero) is 1. The lowest BCUT2D eigenvalue weighted by Crippen LogP contribution is -2.45. The second-order valence-corrected chi connectivity index (χ2v) is 6.28. The third kappa shape index (κ3) is 5.80. The molecule has 0 aromatic heterocycles. The predicted molar refractivity (Wildman–Crippen MR) is 98.0 cm³/mol. The van der Waals surface area contributed by atoms with E-state index in [1.807, 2.05) is 0 Å². The molecule has 1 heterocycles. The zero-order valence-corrected chi connectivity index (χ0v) is 15.3. The molecule has 0 fully saturated rings. The van der Waals surface area contributed by atoms with Crippen molar-refractivity contribution in [1.29, 1.82) is 0 Å². The Morgan fingerprint density at radius 1 is 1.22 bits per heavy atom. The van der Waals surface area contributed by atoms with Gasteiger partial charge < -0.3 is 15.2 Å². The molecular formula is C19H24N2O6. The molecule has 0 saturated carbocycles. The van der Waals surface area contributed by atoms with Gasteiger partial charge in [0.1, 0.15) is 12.3 Å². The number of ketones is 1. The van der Waals surface area contributed by atoms with E-state index in [-0.39, 0.29) is 37.2 Å². The van der Waals surface area contributed by atoms with E-state index in [0.29, 0.717) is 49.2 Å². The van der Waals surface area contributed by atoms with Crippen LogP contribution in [-0.2, 0) is 14.4 Å². The molecule has 0 bridgehead atoms. The summed E-state index contributed by atoms with van der Waals surface area (Å²) in [7, 11) is 0. The minimum absolute atomic E-state index is 0.0541. The number of unbranched alkanes of at least 4 members (excludes halogenated alkanes) is 2. The average molecular weight is 376 g/mol. The molecule has 2 rings (SSSR count). The van der Waals surface area contributed by atoms with Crippen LogP contribution in [0.15, 0.2) is 18.2 Å². The van der Waals surface area contributed by atoms with E-state index in [1.165, 1.54) is 4.90 Å². The summed E-state index contributed by atoms with van der Waals surface area (Å²) >= 11 is 0. The number of aliphatic carboxylic acids is 1. The van der Waals surface area contributed by atoms with Crippen molar-refractivity contribution in [3.05, 3.63) is 23.8 Å². The fourth-order valence-electron chi connectivity index (χ4n) is 2.76. The highest BCUT2D eigenvalue weighted by molar-refractivity contribution is 6.04. The minimum Gasteiger partial charge on any atom is -0.482 e. The molecule has 0 spiro atoms. The number of fused-ring (bicyclic) bond motifs is 1. The number of nitrogens with one attached hydrogen (secondary N) is 1. The number of carboxylic acids is 1. The lowest BCUT2D eigenvalue weighted by atomic mass is 10.1.